The molecule has 0 aliphatic rings. The van der Waals surface area contributed by atoms with Crippen LogP contribution in [0.5, 0.6) is 0 Å². The Morgan fingerprint density at radius 1 is 1.55 bits per heavy atom. The van der Waals surface area contributed by atoms with Crippen molar-refractivity contribution in [3.63, 3.8) is 0 Å². The van der Waals surface area contributed by atoms with E-state index in [1.54, 1.807) is 0 Å². The molecule has 3 N–H and O–H groups in total. The van der Waals surface area contributed by atoms with Crippen LogP contribution in [-0.4, -0.2) is 5.84 Å². The smallest absolute Gasteiger partial charge is 0.0950 e. The van der Waals surface area contributed by atoms with Crippen LogP contribution in [0.15, 0.2) is 24.3 Å². The van der Waals surface area contributed by atoms with Gasteiger partial charge in [-0.1, -0.05) is 29.8 Å². The first-order valence-electron chi connectivity index (χ1n) is 3.57. The SMILES string of the molecule is Cc1cccc(CC(=N)N)c1. The highest BCUT2D eigenvalue weighted by atomic mass is 14.7. The Labute approximate surface area is 66.6 Å². The number of hydrogen-bond acceptors (Lipinski definition) is 1. The fraction of sp³-hybridized carbons (Fsp3) is 0.222. The lowest BCUT2D eigenvalue weighted by Gasteiger charge is -1.99. The van der Waals surface area contributed by atoms with Crippen molar-refractivity contribution in [2.45, 2.75) is 13.3 Å². The number of nitrogens with two attached hydrogens (primary N) is 1. The Hall–Kier alpha value is -1.31. The molecule has 11 heavy (non-hydrogen) atoms. The zero-order valence-electron chi connectivity index (χ0n) is 6.59. The quantitative estimate of drug-likeness (QED) is 0.484. The zero-order valence-corrected chi connectivity index (χ0v) is 6.59. The monoisotopic (exact) mass is 148 g/mol. The van der Waals surface area contributed by atoms with Crippen LogP contribution in [0.3, 0.4) is 0 Å². The Kier molecular flexibility index (Phi) is 2.26. The first-order chi connectivity index (χ1) is 5.18. The third-order valence-corrected chi connectivity index (χ3v) is 1.48. The van der Waals surface area contributed by atoms with Crippen LogP contribution in [0.4, 0.5) is 0 Å². The summed E-state index contributed by atoms with van der Waals surface area (Å²) in [6, 6.07) is 8.03. The predicted molar refractivity (Wildman–Crippen MR) is 46.8 cm³/mol. The van der Waals surface area contributed by atoms with Crippen LogP contribution in [0.25, 0.3) is 0 Å². The molecule has 0 unspecified atom stereocenters. The van der Waals surface area contributed by atoms with Gasteiger partial charge in [0, 0.05) is 6.42 Å². The molecule has 0 aromatic heterocycles. The Bertz CT molecular complexity index is 266. The fourth-order valence-corrected chi connectivity index (χ4v) is 1.04. The van der Waals surface area contributed by atoms with Crippen LogP contribution in [0.2, 0.25) is 0 Å². The molecule has 2 nitrogen and oxygen atoms in total. The molecule has 0 heterocycles. The molecule has 1 aromatic rings. The number of aryl methyl sites for hydroxylation is 1. The number of hydrogen-bond donors (Lipinski definition) is 2. The third-order valence-electron chi connectivity index (χ3n) is 1.48. The highest BCUT2D eigenvalue weighted by molar-refractivity contribution is 5.79. The summed E-state index contributed by atoms with van der Waals surface area (Å²) in [6.07, 6.45) is 0.557. The first-order valence-corrected chi connectivity index (χ1v) is 3.57. The fourth-order valence-electron chi connectivity index (χ4n) is 1.04. The molecule has 0 spiro atoms. The topological polar surface area (TPSA) is 49.9 Å². The van der Waals surface area contributed by atoms with Gasteiger partial charge in [-0.25, -0.2) is 0 Å². The highest BCUT2D eigenvalue weighted by Crippen LogP contribution is 2.03. The van der Waals surface area contributed by atoms with E-state index in [0.717, 1.165) is 5.56 Å². The summed E-state index contributed by atoms with van der Waals surface area (Å²) in [5, 5.41) is 7.08. The van der Waals surface area contributed by atoms with Crippen LogP contribution in [0, 0.1) is 12.3 Å². The van der Waals surface area contributed by atoms with E-state index in [-0.39, 0.29) is 5.84 Å². The Morgan fingerprint density at radius 3 is 2.82 bits per heavy atom. The molecule has 0 amide bonds. The van der Waals surface area contributed by atoms with Gasteiger partial charge in [0.05, 0.1) is 5.84 Å². The number of nitrogens with one attached hydrogen (secondary N) is 1. The summed E-state index contributed by atoms with van der Waals surface area (Å²) in [5.41, 5.74) is 7.58. The van der Waals surface area contributed by atoms with Gasteiger partial charge in [-0.15, -0.1) is 0 Å². The Balaban J connectivity index is 2.79. The van der Waals surface area contributed by atoms with E-state index >= 15 is 0 Å². The van der Waals surface area contributed by atoms with Gasteiger partial charge >= 0.3 is 0 Å². The summed E-state index contributed by atoms with van der Waals surface area (Å²) in [5.74, 6) is 0.218. The molecule has 0 saturated carbocycles. The Morgan fingerprint density at radius 2 is 2.27 bits per heavy atom. The van der Waals surface area contributed by atoms with E-state index in [2.05, 4.69) is 0 Å². The van der Waals surface area contributed by atoms with E-state index < -0.39 is 0 Å². The van der Waals surface area contributed by atoms with Gasteiger partial charge in [-0.05, 0) is 12.5 Å². The van der Waals surface area contributed by atoms with Crippen molar-refractivity contribution >= 4 is 5.84 Å². The maximum Gasteiger partial charge on any atom is 0.0950 e. The van der Waals surface area contributed by atoms with Gasteiger partial charge in [0.2, 0.25) is 0 Å². The van der Waals surface area contributed by atoms with Crippen molar-refractivity contribution in [1.29, 1.82) is 5.41 Å². The molecule has 0 fully saturated rings. The van der Waals surface area contributed by atoms with Crippen LogP contribution in [-0.2, 0) is 6.42 Å². The van der Waals surface area contributed by atoms with E-state index in [1.165, 1.54) is 5.56 Å². The third kappa shape index (κ3) is 2.42. The van der Waals surface area contributed by atoms with Gasteiger partial charge in [-0.2, -0.15) is 0 Å². The first kappa shape index (κ1) is 7.79. The summed E-state index contributed by atoms with van der Waals surface area (Å²) in [4.78, 5) is 0. The van der Waals surface area contributed by atoms with Crippen LogP contribution < -0.4 is 5.73 Å². The number of benzene rings is 1. The molecule has 1 rings (SSSR count). The second-order valence-corrected chi connectivity index (χ2v) is 2.69. The van der Waals surface area contributed by atoms with Crippen molar-refractivity contribution in [3.8, 4) is 0 Å². The molecular weight excluding hydrogens is 136 g/mol. The van der Waals surface area contributed by atoms with Gasteiger partial charge in [-0.3, -0.25) is 5.41 Å². The standard InChI is InChI=1S/C9H12N2/c1-7-3-2-4-8(5-7)6-9(10)11/h2-5H,6H2,1H3,(H3,10,11). The number of rotatable bonds is 2. The van der Waals surface area contributed by atoms with E-state index in [9.17, 15) is 0 Å². The minimum Gasteiger partial charge on any atom is -0.387 e. The lowest BCUT2D eigenvalue weighted by atomic mass is 10.1. The minimum absolute atomic E-state index is 0.218. The van der Waals surface area contributed by atoms with Crippen molar-refractivity contribution in [2.24, 2.45) is 5.73 Å². The lowest BCUT2D eigenvalue weighted by molar-refractivity contribution is 1.23. The summed E-state index contributed by atoms with van der Waals surface area (Å²) >= 11 is 0. The molecule has 0 atom stereocenters. The van der Waals surface area contributed by atoms with Crippen LogP contribution in [0.1, 0.15) is 11.1 Å². The molecule has 0 aliphatic heterocycles. The molecule has 0 bridgehead atoms. The van der Waals surface area contributed by atoms with Crippen molar-refractivity contribution in [1.82, 2.24) is 0 Å². The summed E-state index contributed by atoms with van der Waals surface area (Å²) in [6.45, 7) is 2.03. The van der Waals surface area contributed by atoms with E-state index in [4.69, 9.17) is 11.1 Å². The summed E-state index contributed by atoms with van der Waals surface area (Å²) < 4.78 is 0. The largest absolute Gasteiger partial charge is 0.387 e. The second kappa shape index (κ2) is 3.19. The normalized spacial score (nSPS) is 9.55. The van der Waals surface area contributed by atoms with Gasteiger partial charge in [0.25, 0.3) is 0 Å². The van der Waals surface area contributed by atoms with Gasteiger partial charge < -0.3 is 5.73 Å². The lowest BCUT2D eigenvalue weighted by Crippen LogP contribution is -2.12. The number of amidine groups is 1. The highest BCUT2D eigenvalue weighted by Gasteiger charge is 1.93. The van der Waals surface area contributed by atoms with Crippen molar-refractivity contribution in [3.05, 3.63) is 35.4 Å². The van der Waals surface area contributed by atoms with E-state index in [1.807, 2.05) is 31.2 Å². The summed E-state index contributed by atoms with van der Waals surface area (Å²) in [7, 11) is 0. The molecule has 2 heteroatoms. The molecular formula is C9H12N2. The van der Waals surface area contributed by atoms with Crippen molar-refractivity contribution in [2.75, 3.05) is 0 Å². The van der Waals surface area contributed by atoms with Gasteiger partial charge in [0.15, 0.2) is 0 Å². The molecule has 0 aliphatic carbocycles. The van der Waals surface area contributed by atoms with Gasteiger partial charge in [0.1, 0.15) is 0 Å². The average Bonchev–Trinajstić information content (AvgIpc) is 1.85. The molecule has 58 valence electrons. The molecule has 1 aromatic carbocycles. The predicted octanol–water partition coefficient (Wildman–Crippen LogP) is 1.47. The van der Waals surface area contributed by atoms with Crippen LogP contribution >= 0.6 is 0 Å². The molecule has 0 saturated heterocycles. The van der Waals surface area contributed by atoms with Crippen molar-refractivity contribution < 1.29 is 0 Å². The minimum atomic E-state index is 0.218. The maximum absolute atomic E-state index is 7.08. The maximum atomic E-state index is 7.08. The average molecular weight is 148 g/mol. The molecule has 0 radical (unpaired) electrons. The second-order valence-electron chi connectivity index (χ2n) is 2.69. The zero-order chi connectivity index (χ0) is 8.27. The van der Waals surface area contributed by atoms with E-state index in [0.29, 0.717) is 6.42 Å².